The van der Waals surface area contributed by atoms with Gasteiger partial charge in [0.15, 0.2) is 5.82 Å². The highest BCUT2D eigenvalue weighted by Crippen LogP contribution is 2.27. The van der Waals surface area contributed by atoms with Crippen LogP contribution >= 0.6 is 27.5 Å². The fourth-order valence-corrected chi connectivity index (χ4v) is 1.93. The monoisotopic (exact) mass is 322 g/mol. The quantitative estimate of drug-likeness (QED) is 0.883. The molecule has 0 radical (unpaired) electrons. The number of nitrogen functional groups attached to an aromatic ring is 1. The molecular weight excluding hydrogens is 316 g/mol. The van der Waals surface area contributed by atoms with Crippen molar-refractivity contribution in [1.29, 1.82) is 5.26 Å². The van der Waals surface area contributed by atoms with E-state index in [0.717, 1.165) is 4.47 Å². The van der Waals surface area contributed by atoms with E-state index in [9.17, 15) is 0 Å². The van der Waals surface area contributed by atoms with Crippen molar-refractivity contribution in [2.24, 2.45) is 0 Å². The minimum Gasteiger partial charge on any atom is -0.396 e. The molecule has 90 valence electrons. The molecule has 0 amide bonds. The Morgan fingerprint density at radius 1 is 1.39 bits per heavy atom. The predicted octanol–water partition coefficient (Wildman–Crippen LogP) is 3.69. The van der Waals surface area contributed by atoms with Crippen LogP contribution < -0.4 is 11.1 Å². The average Bonchev–Trinajstić information content (AvgIpc) is 2.33. The van der Waals surface area contributed by atoms with Crippen LogP contribution in [0.3, 0.4) is 0 Å². The second-order valence-electron chi connectivity index (χ2n) is 3.52. The van der Waals surface area contributed by atoms with E-state index < -0.39 is 0 Å². The Morgan fingerprint density at radius 3 is 2.83 bits per heavy atom. The van der Waals surface area contributed by atoms with Crippen LogP contribution in [0.4, 0.5) is 17.2 Å². The van der Waals surface area contributed by atoms with Gasteiger partial charge in [0.1, 0.15) is 6.07 Å². The molecule has 6 heteroatoms. The van der Waals surface area contributed by atoms with Crippen molar-refractivity contribution >= 4 is 44.7 Å². The zero-order valence-corrected chi connectivity index (χ0v) is 11.5. The molecule has 0 unspecified atom stereocenters. The summed E-state index contributed by atoms with van der Waals surface area (Å²) in [5.41, 5.74) is 7.36. The summed E-state index contributed by atoms with van der Waals surface area (Å²) >= 11 is 9.17. The number of hydrogen-bond donors (Lipinski definition) is 2. The number of nitrogens with two attached hydrogens (primary N) is 1. The van der Waals surface area contributed by atoms with Crippen LogP contribution in [0.5, 0.6) is 0 Å². The summed E-state index contributed by atoms with van der Waals surface area (Å²) in [6.07, 6.45) is 1.62. The minimum absolute atomic E-state index is 0.475. The first kappa shape index (κ1) is 12.7. The van der Waals surface area contributed by atoms with Gasteiger partial charge in [0.2, 0.25) is 0 Å². The minimum atomic E-state index is 0.475. The number of halogens is 2. The van der Waals surface area contributed by atoms with Crippen molar-refractivity contribution < 1.29 is 0 Å². The Balaban J connectivity index is 2.40. The molecule has 0 saturated heterocycles. The maximum Gasteiger partial charge on any atom is 0.153 e. The highest BCUT2D eigenvalue weighted by atomic mass is 79.9. The molecule has 0 aliphatic rings. The Morgan fingerprint density at radius 2 is 2.17 bits per heavy atom. The predicted molar refractivity (Wildman–Crippen MR) is 75.8 cm³/mol. The number of benzene rings is 1. The lowest BCUT2D eigenvalue weighted by Crippen LogP contribution is -2.00. The third-order valence-corrected chi connectivity index (χ3v) is 2.91. The highest BCUT2D eigenvalue weighted by molar-refractivity contribution is 9.10. The number of aromatic nitrogens is 1. The van der Waals surface area contributed by atoms with Gasteiger partial charge in [-0.05, 0) is 40.2 Å². The largest absolute Gasteiger partial charge is 0.396 e. The number of nitriles is 1. The Bertz CT molecular complexity index is 636. The van der Waals surface area contributed by atoms with Crippen molar-refractivity contribution in [2.45, 2.75) is 0 Å². The summed E-state index contributed by atoms with van der Waals surface area (Å²) in [6, 6.07) is 8.75. The van der Waals surface area contributed by atoms with Gasteiger partial charge in [-0.3, -0.25) is 0 Å². The van der Waals surface area contributed by atoms with E-state index >= 15 is 0 Å². The second-order valence-corrected chi connectivity index (χ2v) is 4.87. The molecule has 18 heavy (non-hydrogen) atoms. The molecule has 0 saturated carbocycles. The van der Waals surface area contributed by atoms with Crippen molar-refractivity contribution in [3.05, 3.63) is 45.5 Å². The summed E-state index contributed by atoms with van der Waals surface area (Å²) in [4.78, 5) is 4.14. The zero-order valence-electron chi connectivity index (χ0n) is 9.11. The van der Waals surface area contributed by atoms with Gasteiger partial charge >= 0.3 is 0 Å². The van der Waals surface area contributed by atoms with Gasteiger partial charge in [0.05, 0.1) is 16.9 Å². The van der Waals surface area contributed by atoms with E-state index in [-0.39, 0.29) is 0 Å². The van der Waals surface area contributed by atoms with Crippen LogP contribution in [0.2, 0.25) is 5.02 Å². The summed E-state index contributed by atoms with van der Waals surface area (Å²) < 4.78 is 0.789. The van der Waals surface area contributed by atoms with E-state index in [4.69, 9.17) is 22.6 Å². The van der Waals surface area contributed by atoms with Gasteiger partial charge in [-0.25, -0.2) is 4.98 Å². The molecule has 0 fully saturated rings. The average molecular weight is 324 g/mol. The summed E-state index contributed by atoms with van der Waals surface area (Å²) in [5, 5.41) is 12.5. The van der Waals surface area contributed by atoms with Gasteiger partial charge in [-0.1, -0.05) is 11.6 Å². The van der Waals surface area contributed by atoms with Gasteiger partial charge in [-0.2, -0.15) is 5.26 Å². The van der Waals surface area contributed by atoms with Crippen LogP contribution in [0.15, 0.2) is 34.9 Å². The fourth-order valence-electron chi connectivity index (χ4n) is 1.40. The zero-order chi connectivity index (χ0) is 13.1. The Kier molecular flexibility index (Phi) is 3.70. The van der Waals surface area contributed by atoms with E-state index in [1.165, 1.54) is 0 Å². The maximum atomic E-state index is 9.01. The third-order valence-electron chi connectivity index (χ3n) is 2.24. The highest BCUT2D eigenvalue weighted by Gasteiger charge is 2.07. The normalized spacial score (nSPS) is 9.83. The fraction of sp³-hybridized carbons (Fsp3) is 0. The van der Waals surface area contributed by atoms with E-state index in [0.29, 0.717) is 27.8 Å². The lowest BCUT2D eigenvalue weighted by atomic mass is 10.2. The smallest absolute Gasteiger partial charge is 0.153 e. The molecule has 2 aromatic rings. The number of pyridine rings is 1. The lowest BCUT2D eigenvalue weighted by molar-refractivity contribution is 1.29. The number of nitrogens with one attached hydrogen (secondary N) is 1. The Hall–Kier alpha value is -1.77. The standard InChI is InChI=1S/C12H8BrClN4/c13-8-3-10(16)12(17-6-8)18-11-4-9(14)2-1-7(11)5-15/h1-4,6H,16H2,(H,17,18). The number of anilines is 3. The van der Waals surface area contributed by atoms with Crippen LogP contribution in [-0.4, -0.2) is 4.98 Å². The molecule has 0 aliphatic carbocycles. The first-order chi connectivity index (χ1) is 8.60. The Labute approximate surface area is 118 Å². The molecule has 0 bridgehead atoms. The number of hydrogen-bond acceptors (Lipinski definition) is 4. The van der Waals surface area contributed by atoms with Crippen LogP contribution in [0, 0.1) is 11.3 Å². The second kappa shape index (κ2) is 5.25. The molecule has 0 spiro atoms. The first-order valence-electron chi connectivity index (χ1n) is 4.98. The molecule has 1 heterocycles. The summed E-state index contributed by atoms with van der Waals surface area (Å²) in [6.45, 7) is 0. The number of rotatable bonds is 2. The SMILES string of the molecule is N#Cc1ccc(Cl)cc1Nc1ncc(Br)cc1N. The third kappa shape index (κ3) is 2.73. The molecule has 1 aromatic carbocycles. The molecule has 4 nitrogen and oxygen atoms in total. The molecule has 2 rings (SSSR count). The molecule has 0 aliphatic heterocycles. The summed E-state index contributed by atoms with van der Waals surface area (Å²) in [7, 11) is 0. The van der Waals surface area contributed by atoms with Crippen molar-refractivity contribution in [3.63, 3.8) is 0 Å². The van der Waals surface area contributed by atoms with Gasteiger partial charge < -0.3 is 11.1 Å². The molecule has 3 N–H and O–H groups in total. The van der Waals surface area contributed by atoms with Crippen LogP contribution in [-0.2, 0) is 0 Å². The van der Waals surface area contributed by atoms with E-state index in [1.807, 2.05) is 0 Å². The molecule has 0 atom stereocenters. The van der Waals surface area contributed by atoms with Crippen LogP contribution in [0.25, 0.3) is 0 Å². The topological polar surface area (TPSA) is 74.7 Å². The van der Waals surface area contributed by atoms with E-state index in [1.54, 1.807) is 30.5 Å². The van der Waals surface area contributed by atoms with Crippen molar-refractivity contribution in [3.8, 4) is 6.07 Å². The van der Waals surface area contributed by atoms with Crippen molar-refractivity contribution in [1.82, 2.24) is 4.98 Å². The first-order valence-corrected chi connectivity index (χ1v) is 6.15. The van der Waals surface area contributed by atoms with Gasteiger partial charge in [0, 0.05) is 15.7 Å². The van der Waals surface area contributed by atoms with Gasteiger partial charge in [0.25, 0.3) is 0 Å². The summed E-state index contributed by atoms with van der Waals surface area (Å²) in [5.74, 6) is 0.483. The van der Waals surface area contributed by atoms with Crippen LogP contribution in [0.1, 0.15) is 5.56 Å². The van der Waals surface area contributed by atoms with Crippen molar-refractivity contribution in [2.75, 3.05) is 11.1 Å². The maximum absolute atomic E-state index is 9.01. The molecular formula is C12H8BrClN4. The van der Waals surface area contributed by atoms with E-state index in [2.05, 4.69) is 32.3 Å². The van der Waals surface area contributed by atoms with Gasteiger partial charge in [-0.15, -0.1) is 0 Å². The molecule has 1 aromatic heterocycles. The lowest BCUT2D eigenvalue weighted by Gasteiger charge is -2.10. The number of nitrogens with zero attached hydrogens (tertiary/aromatic N) is 2.